The van der Waals surface area contributed by atoms with E-state index in [4.69, 9.17) is 9.94 Å². The maximum Gasteiger partial charge on any atom is 0.441 e. The molecule has 1 aromatic carbocycles. The van der Waals surface area contributed by atoms with Crippen LogP contribution in [0.15, 0.2) is 43.0 Å². The molecule has 4 heteroatoms. The van der Waals surface area contributed by atoms with Crippen molar-refractivity contribution in [3.05, 3.63) is 43.0 Å². The summed E-state index contributed by atoms with van der Waals surface area (Å²) in [6, 6.07) is 8.72. The molecule has 1 rings (SSSR count). The quantitative estimate of drug-likeness (QED) is 0.588. The van der Waals surface area contributed by atoms with Gasteiger partial charge in [0.2, 0.25) is 0 Å². The topological polar surface area (TPSA) is 49.8 Å². The van der Waals surface area contributed by atoms with Crippen LogP contribution in [0.2, 0.25) is 0 Å². The Morgan fingerprint density at radius 1 is 1.50 bits per heavy atom. The Bertz CT molecular complexity index is 310. The number of amides is 1. The van der Waals surface area contributed by atoms with E-state index in [1.807, 2.05) is 6.07 Å². The van der Waals surface area contributed by atoms with Crippen molar-refractivity contribution >= 4 is 6.09 Å². The highest BCUT2D eigenvalue weighted by Crippen LogP contribution is 2.10. The Labute approximate surface area is 82.0 Å². The van der Waals surface area contributed by atoms with Crippen molar-refractivity contribution in [1.82, 2.24) is 5.06 Å². The maximum absolute atomic E-state index is 10.6. The molecule has 0 bridgehead atoms. The molecule has 0 aliphatic rings. The van der Waals surface area contributed by atoms with Gasteiger partial charge in [0.25, 0.3) is 0 Å². The van der Waals surface area contributed by atoms with Crippen molar-refractivity contribution in [3.63, 3.8) is 0 Å². The van der Waals surface area contributed by atoms with E-state index >= 15 is 0 Å². The molecular weight excluding hydrogens is 182 g/mol. The number of nitrogens with zero attached hydrogens (tertiary/aromatic N) is 1. The van der Waals surface area contributed by atoms with E-state index in [2.05, 4.69) is 6.58 Å². The molecule has 0 saturated heterocycles. The van der Waals surface area contributed by atoms with E-state index in [1.54, 1.807) is 24.3 Å². The van der Waals surface area contributed by atoms with Gasteiger partial charge in [-0.2, -0.15) is 0 Å². The van der Waals surface area contributed by atoms with Gasteiger partial charge in [-0.25, -0.2) is 4.79 Å². The molecule has 0 unspecified atom stereocenters. The molecule has 0 heterocycles. The van der Waals surface area contributed by atoms with Crippen LogP contribution in [0.25, 0.3) is 0 Å². The van der Waals surface area contributed by atoms with Gasteiger partial charge >= 0.3 is 6.09 Å². The summed E-state index contributed by atoms with van der Waals surface area (Å²) in [7, 11) is 0. The number of hydroxylamine groups is 2. The summed E-state index contributed by atoms with van der Waals surface area (Å²) in [5, 5.41) is 9.53. The Hall–Kier alpha value is -1.97. The van der Waals surface area contributed by atoms with Crippen LogP contribution >= 0.6 is 0 Å². The predicted octanol–water partition coefficient (Wildman–Crippen LogP) is 2.15. The first kappa shape index (κ1) is 10.1. The van der Waals surface area contributed by atoms with Gasteiger partial charge in [-0.05, 0) is 12.1 Å². The van der Waals surface area contributed by atoms with Crippen LogP contribution in [-0.4, -0.2) is 22.8 Å². The van der Waals surface area contributed by atoms with E-state index in [0.717, 1.165) is 5.06 Å². The van der Waals surface area contributed by atoms with Gasteiger partial charge in [0.1, 0.15) is 0 Å². The molecule has 0 spiro atoms. The number of hydrogen-bond donors (Lipinski definition) is 1. The van der Waals surface area contributed by atoms with Crippen molar-refractivity contribution in [2.45, 2.75) is 0 Å². The highest BCUT2D eigenvalue weighted by atomic mass is 16.7. The second-order valence-electron chi connectivity index (χ2n) is 2.54. The first-order chi connectivity index (χ1) is 6.74. The molecular formula is C10H11NO3. The smallest absolute Gasteiger partial charge is 0.441 e. The minimum atomic E-state index is -1.14. The van der Waals surface area contributed by atoms with Crippen molar-refractivity contribution in [2.24, 2.45) is 0 Å². The molecule has 4 nitrogen and oxygen atoms in total. The summed E-state index contributed by atoms with van der Waals surface area (Å²) in [5.41, 5.74) is 0. The lowest BCUT2D eigenvalue weighted by atomic mass is 10.3. The molecule has 74 valence electrons. The molecule has 0 radical (unpaired) electrons. The normalized spacial score (nSPS) is 9.14. The van der Waals surface area contributed by atoms with Crippen LogP contribution < -0.4 is 4.84 Å². The lowest BCUT2D eigenvalue weighted by Gasteiger charge is -2.16. The van der Waals surface area contributed by atoms with Crippen molar-refractivity contribution in [1.29, 1.82) is 0 Å². The first-order valence-corrected chi connectivity index (χ1v) is 4.08. The van der Waals surface area contributed by atoms with Crippen molar-refractivity contribution in [2.75, 3.05) is 6.54 Å². The Kier molecular flexibility index (Phi) is 3.55. The zero-order chi connectivity index (χ0) is 10.4. The summed E-state index contributed by atoms with van der Waals surface area (Å²) in [6.07, 6.45) is 0.311. The predicted molar refractivity (Wildman–Crippen MR) is 52.0 cm³/mol. The minimum Gasteiger partial charge on any atom is -0.463 e. The molecule has 1 amide bonds. The van der Waals surface area contributed by atoms with Crippen LogP contribution in [-0.2, 0) is 0 Å². The molecule has 0 atom stereocenters. The van der Waals surface area contributed by atoms with Crippen LogP contribution in [0.5, 0.6) is 5.75 Å². The SMILES string of the molecule is C=CCN(Oc1ccccc1)C(=O)O. The molecule has 1 aromatic rings. The molecule has 0 aliphatic heterocycles. The Morgan fingerprint density at radius 2 is 2.14 bits per heavy atom. The summed E-state index contributed by atoms with van der Waals surface area (Å²) in [5.74, 6) is 0.483. The first-order valence-electron chi connectivity index (χ1n) is 4.08. The number of para-hydroxylation sites is 1. The molecule has 0 fully saturated rings. The minimum absolute atomic E-state index is 0.129. The molecule has 1 N–H and O–H groups in total. The lowest BCUT2D eigenvalue weighted by Crippen LogP contribution is -2.32. The fraction of sp³-hybridized carbons (Fsp3) is 0.100. The van der Waals surface area contributed by atoms with E-state index in [0.29, 0.717) is 5.75 Å². The van der Waals surface area contributed by atoms with Crippen molar-refractivity contribution in [3.8, 4) is 5.75 Å². The molecule has 14 heavy (non-hydrogen) atoms. The average molecular weight is 193 g/mol. The van der Waals surface area contributed by atoms with E-state index in [1.165, 1.54) is 6.08 Å². The summed E-state index contributed by atoms with van der Waals surface area (Å²) in [6.45, 7) is 3.57. The summed E-state index contributed by atoms with van der Waals surface area (Å²) in [4.78, 5) is 15.7. The van der Waals surface area contributed by atoms with E-state index < -0.39 is 6.09 Å². The number of carboxylic acid groups (broad SMARTS) is 1. The second-order valence-corrected chi connectivity index (χ2v) is 2.54. The highest BCUT2D eigenvalue weighted by Gasteiger charge is 2.11. The number of hydrogen-bond acceptors (Lipinski definition) is 2. The third-order valence-corrected chi connectivity index (χ3v) is 1.47. The highest BCUT2D eigenvalue weighted by molar-refractivity contribution is 5.64. The molecule has 0 saturated carbocycles. The number of benzene rings is 1. The average Bonchev–Trinajstić information content (AvgIpc) is 2.18. The standard InChI is InChI=1S/C10H11NO3/c1-2-8-11(10(12)13)14-9-6-4-3-5-7-9/h2-7H,1,8H2,(H,12,13). The third-order valence-electron chi connectivity index (χ3n) is 1.47. The Morgan fingerprint density at radius 3 is 2.64 bits per heavy atom. The molecule has 0 aromatic heterocycles. The van der Waals surface area contributed by atoms with Gasteiger partial charge in [0.15, 0.2) is 5.75 Å². The fourth-order valence-corrected chi connectivity index (χ4v) is 0.880. The monoisotopic (exact) mass is 193 g/mol. The van der Waals surface area contributed by atoms with Crippen LogP contribution in [0, 0.1) is 0 Å². The fourth-order valence-electron chi connectivity index (χ4n) is 0.880. The van der Waals surface area contributed by atoms with Crippen LogP contribution in [0.1, 0.15) is 0 Å². The zero-order valence-electron chi connectivity index (χ0n) is 7.59. The van der Waals surface area contributed by atoms with Gasteiger partial charge in [0, 0.05) is 0 Å². The summed E-state index contributed by atoms with van der Waals surface area (Å²) >= 11 is 0. The summed E-state index contributed by atoms with van der Waals surface area (Å²) < 4.78 is 0. The number of carbonyl (C=O) groups is 1. The van der Waals surface area contributed by atoms with E-state index in [9.17, 15) is 4.79 Å². The van der Waals surface area contributed by atoms with Crippen molar-refractivity contribution < 1.29 is 14.7 Å². The maximum atomic E-state index is 10.6. The largest absolute Gasteiger partial charge is 0.463 e. The van der Waals surface area contributed by atoms with Crippen LogP contribution in [0.3, 0.4) is 0 Å². The van der Waals surface area contributed by atoms with Gasteiger partial charge < -0.3 is 9.94 Å². The van der Waals surface area contributed by atoms with Gasteiger partial charge in [-0.1, -0.05) is 24.3 Å². The second kappa shape index (κ2) is 4.91. The zero-order valence-corrected chi connectivity index (χ0v) is 7.59. The lowest BCUT2D eigenvalue weighted by molar-refractivity contribution is -0.0262. The number of rotatable bonds is 4. The Balaban J connectivity index is 2.64. The van der Waals surface area contributed by atoms with Gasteiger partial charge in [-0.3, -0.25) is 0 Å². The molecule has 0 aliphatic carbocycles. The van der Waals surface area contributed by atoms with E-state index in [-0.39, 0.29) is 6.54 Å². The van der Waals surface area contributed by atoms with Gasteiger partial charge in [-0.15, -0.1) is 11.6 Å². The van der Waals surface area contributed by atoms with Gasteiger partial charge in [0.05, 0.1) is 6.54 Å². The third kappa shape index (κ3) is 2.82. The van der Waals surface area contributed by atoms with Crippen LogP contribution in [0.4, 0.5) is 4.79 Å².